The molecule has 0 aromatic heterocycles. The molecule has 0 fully saturated rings. The summed E-state index contributed by atoms with van der Waals surface area (Å²) < 4.78 is 0. The molecule has 1 aliphatic rings. The Hall–Kier alpha value is -0.970. The monoisotopic (exact) mass is 171 g/mol. The summed E-state index contributed by atoms with van der Waals surface area (Å²) in [5.41, 5.74) is 0.468. The van der Waals surface area contributed by atoms with Gasteiger partial charge in [0.25, 0.3) is 0 Å². The molecule has 5 heteroatoms. The Morgan fingerprint density at radius 2 is 2.36 bits per heavy atom. The van der Waals surface area contributed by atoms with Gasteiger partial charge in [0.15, 0.2) is 0 Å². The third-order valence-corrected chi connectivity index (χ3v) is 1.51. The summed E-state index contributed by atoms with van der Waals surface area (Å²) in [6.07, 6.45) is 1.34. The van der Waals surface area contributed by atoms with E-state index in [-0.39, 0.29) is 11.4 Å². The van der Waals surface area contributed by atoms with E-state index in [0.717, 1.165) is 0 Å². The highest BCUT2D eigenvalue weighted by Crippen LogP contribution is 2.01. The van der Waals surface area contributed by atoms with Crippen LogP contribution in [0.1, 0.15) is 6.92 Å². The minimum Gasteiger partial charge on any atom is -0.355 e. The molecule has 0 spiro atoms. The summed E-state index contributed by atoms with van der Waals surface area (Å²) in [7, 11) is 0. The van der Waals surface area contributed by atoms with Crippen molar-refractivity contribution < 1.29 is 4.79 Å². The minimum atomic E-state index is -0.386. The molecule has 1 aliphatic heterocycles. The lowest BCUT2D eigenvalue weighted by Crippen LogP contribution is -2.46. The first-order valence-electron chi connectivity index (χ1n) is 3.12. The molecule has 3 N–H and O–H groups in total. The number of rotatable bonds is 1. The number of thiol groups is 1. The lowest BCUT2D eigenvalue weighted by Gasteiger charge is -2.21. The van der Waals surface area contributed by atoms with Crippen molar-refractivity contribution in [1.82, 2.24) is 10.6 Å². The van der Waals surface area contributed by atoms with Gasteiger partial charge < -0.3 is 16.0 Å². The summed E-state index contributed by atoms with van der Waals surface area (Å²) in [4.78, 5) is 10.8. The van der Waals surface area contributed by atoms with E-state index in [2.05, 4.69) is 23.3 Å². The van der Waals surface area contributed by atoms with Crippen LogP contribution in [0.4, 0.5) is 0 Å². The van der Waals surface area contributed by atoms with Crippen LogP contribution in [-0.4, -0.2) is 17.1 Å². The molecule has 0 aromatic rings. The molecule has 60 valence electrons. The summed E-state index contributed by atoms with van der Waals surface area (Å²) in [6.45, 7) is 1.61. The summed E-state index contributed by atoms with van der Waals surface area (Å²) in [5, 5.41) is 12.5. The van der Waals surface area contributed by atoms with Crippen LogP contribution in [-0.2, 0) is 4.79 Å². The van der Waals surface area contributed by atoms with Crippen molar-refractivity contribution in [3.8, 4) is 0 Å². The first-order chi connectivity index (χ1) is 5.09. The number of carbonyl (C=O) groups is 1. The van der Waals surface area contributed by atoms with Gasteiger partial charge in [0.1, 0.15) is 5.50 Å². The van der Waals surface area contributed by atoms with E-state index in [0.29, 0.717) is 11.4 Å². The number of allylic oxidation sites excluding steroid dienone is 1. The topological polar surface area (TPSA) is 65.0 Å². The summed E-state index contributed by atoms with van der Waals surface area (Å²) in [5.74, 6) is -0.217. The molecule has 1 amide bonds. The molecule has 4 nitrogen and oxygen atoms in total. The first kappa shape index (κ1) is 8.13. The maximum Gasteiger partial charge on any atom is 0.248 e. The van der Waals surface area contributed by atoms with E-state index in [1.54, 1.807) is 6.92 Å². The van der Waals surface area contributed by atoms with Gasteiger partial charge in [-0.3, -0.25) is 4.79 Å². The Kier molecular flexibility index (Phi) is 2.19. The van der Waals surface area contributed by atoms with Crippen molar-refractivity contribution in [3.63, 3.8) is 0 Å². The average molecular weight is 171 g/mol. The van der Waals surface area contributed by atoms with Crippen LogP contribution in [0, 0.1) is 5.41 Å². The molecule has 0 saturated heterocycles. The standard InChI is InChI=1S/C6H9N3OS/c1-3(7)4-2-5(10)9-6(11)8-4/h2,6-8,11H,1H3,(H,9,10). The van der Waals surface area contributed by atoms with E-state index in [1.165, 1.54) is 6.08 Å². The molecule has 11 heavy (non-hydrogen) atoms. The Morgan fingerprint density at radius 3 is 2.82 bits per heavy atom. The molecule has 1 atom stereocenters. The fourth-order valence-electron chi connectivity index (χ4n) is 0.749. The second kappa shape index (κ2) is 2.96. The van der Waals surface area contributed by atoms with Gasteiger partial charge in [-0.05, 0) is 6.92 Å². The second-order valence-electron chi connectivity index (χ2n) is 2.24. The number of hydrogen-bond acceptors (Lipinski definition) is 4. The van der Waals surface area contributed by atoms with Gasteiger partial charge in [-0.1, -0.05) is 0 Å². The number of nitrogens with one attached hydrogen (secondary N) is 3. The van der Waals surface area contributed by atoms with Crippen molar-refractivity contribution in [2.75, 3.05) is 0 Å². The highest BCUT2D eigenvalue weighted by molar-refractivity contribution is 7.80. The SMILES string of the molecule is CC(=N)C1=CC(=O)NC(S)N1. The summed E-state index contributed by atoms with van der Waals surface area (Å²) in [6, 6.07) is 0. The molecule has 1 rings (SSSR count). The Labute approximate surface area is 70.0 Å². The Balaban J connectivity index is 2.80. The summed E-state index contributed by atoms with van der Waals surface area (Å²) >= 11 is 3.99. The van der Waals surface area contributed by atoms with Crippen LogP contribution in [0.3, 0.4) is 0 Å². The number of carbonyl (C=O) groups excluding carboxylic acids is 1. The fraction of sp³-hybridized carbons (Fsp3) is 0.333. The average Bonchev–Trinajstić information content (AvgIpc) is 1.85. The van der Waals surface area contributed by atoms with Gasteiger partial charge in [-0.2, -0.15) is 0 Å². The predicted molar refractivity (Wildman–Crippen MR) is 45.5 cm³/mol. The predicted octanol–water partition coefficient (Wildman–Crippen LogP) is -0.157. The molecule has 1 unspecified atom stereocenters. The molecule has 0 saturated carbocycles. The Morgan fingerprint density at radius 1 is 1.73 bits per heavy atom. The zero-order valence-corrected chi connectivity index (χ0v) is 6.90. The lowest BCUT2D eigenvalue weighted by atomic mass is 10.2. The third-order valence-electron chi connectivity index (χ3n) is 1.25. The van der Waals surface area contributed by atoms with E-state index in [9.17, 15) is 4.79 Å². The van der Waals surface area contributed by atoms with Crippen LogP contribution in [0.5, 0.6) is 0 Å². The van der Waals surface area contributed by atoms with Crippen molar-refractivity contribution in [3.05, 3.63) is 11.8 Å². The number of hydrogen-bond donors (Lipinski definition) is 4. The largest absolute Gasteiger partial charge is 0.355 e. The third kappa shape index (κ3) is 1.98. The molecule has 1 heterocycles. The minimum absolute atomic E-state index is 0.217. The highest BCUT2D eigenvalue weighted by atomic mass is 32.1. The molecule has 0 radical (unpaired) electrons. The van der Waals surface area contributed by atoms with E-state index < -0.39 is 0 Å². The maximum absolute atomic E-state index is 10.8. The van der Waals surface area contributed by atoms with Gasteiger partial charge in [-0.25, -0.2) is 0 Å². The second-order valence-corrected chi connectivity index (χ2v) is 2.75. The van der Waals surface area contributed by atoms with Crippen molar-refractivity contribution in [1.29, 1.82) is 5.41 Å². The highest BCUT2D eigenvalue weighted by Gasteiger charge is 2.15. The molecule has 0 bridgehead atoms. The van der Waals surface area contributed by atoms with Gasteiger partial charge in [0, 0.05) is 6.08 Å². The van der Waals surface area contributed by atoms with Gasteiger partial charge in [0.2, 0.25) is 5.91 Å². The van der Waals surface area contributed by atoms with Crippen LogP contribution >= 0.6 is 12.6 Å². The molecule has 0 aromatic carbocycles. The van der Waals surface area contributed by atoms with Crippen molar-refractivity contribution in [2.24, 2.45) is 0 Å². The van der Waals surface area contributed by atoms with Crippen molar-refractivity contribution in [2.45, 2.75) is 12.4 Å². The Bertz CT molecular complexity index is 236. The van der Waals surface area contributed by atoms with Crippen LogP contribution in [0.15, 0.2) is 11.8 Å². The normalized spacial score (nSPS) is 23.3. The van der Waals surface area contributed by atoms with Gasteiger partial charge in [0.05, 0.1) is 11.4 Å². The van der Waals surface area contributed by atoms with Crippen LogP contribution in [0.25, 0.3) is 0 Å². The van der Waals surface area contributed by atoms with E-state index in [1.807, 2.05) is 0 Å². The molecular weight excluding hydrogens is 162 g/mol. The zero-order chi connectivity index (χ0) is 8.43. The smallest absolute Gasteiger partial charge is 0.248 e. The van der Waals surface area contributed by atoms with E-state index in [4.69, 9.17) is 5.41 Å². The molecular formula is C6H9N3OS. The van der Waals surface area contributed by atoms with Crippen molar-refractivity contribution >= 4 is 24.2 Å². The molecule has 0 aliphatic carbocycles. The van der Waals surface area contributed by atoms with Crippen LogP contribution in [0.2, 0.25) is 0 Å². The first-order valence-corrected chi connectivity index (χ1v) is 3.63. The lowest BCUT2D eigenvalue weighted by molar-refractivity contribution is -0.117. The fourth-order valence-corrected chi connectivity index (χ4v) is 1.02. The van der Waals surface area contributed by atoms with Gasteiger partial charge in [-0.15, -0.1) is 12.6 Å². The van der Waals surface area contributed by atoms with E-state index >= 15 is 0 Å². The zero-order valence-electron chi connectivity index (χ0n) is 6.01. The maximum atomic E-state index is 10.8. The van der Waals surface area contributed by atoms with Gasteiger partial charge >= 0.3 is 0 Å². The number of amides is 1. The van der Waals surface area contributed by atoms with Crippen LogP contribution < -0.4 is 10.6 Å². The quantitative estimate of drug-likeness (QED) is 0.327.